The van der Waals surface area contributed by atoms with Crippen LogP contribution in [0.15, 0.2) is 15.9 Å². The van der Waals surface area contributed by atoms with Crippen molar-refractivity contribution in [2.45, 2.75) is 18.5 Å². The van der Waals surface area contributed by atoms with Gasteiger partial charge in [-0.3, -0.25) is 4.79 Å². The van der Waals surface area contributed by atoms with Gasteiger partial charge in [0, 0.05) is 6.42 Å². The van der Waals surface area contributed by atoms with E-state index in [4.69, 9.17) is 0 Å². The summed E-state index contributed by atoms with van der Waals surface area (Å²) >= 11 is 4.51. The highest BCUT2D eigenvalue weighted by atomic mass is 79.9. The van der Waals surface area contributed by atoms with Gasteiger partial charge in [-0.2, -0.15) is 0 Å². The lowest BCUT2D eigenvalue weighted by atomic mass is 9.92. The van der Waals surface area contributed by atoms with E-state index in [9.17, 15) is 14.4 Å². The molecule has 0 radical (unpaired) electrons. The highest BCUT2D eigenvalue weighted by molar-refractivity contribution is 9.11. The number of hydrogen-bond acceptors (Lipinski definition) is 6. The molecule has 0 bridgehead atoms. The zero-order chi connectivity index (χ0) is 14.9. The minimum absolute atomic E-state index is 0.220. The van der Waals surface area contributed by atoms with Gasteiger partial charge < -0.3 is 14.4 Å². The molecule has 0 N–H and O–H groups in total. The fourth-order valence-electron chi connectivity index (χ4n) is 2.05. The van der Waals surface area contributed by atoms with Crippen LogP contribution in [0, 0.1) is 0 Å². The van der Waals surface area contributed by atoms with E-state index in [1.807, 2.05) is 0 Å². The molecule has 1 aromatic rings. The molecule has 0 unspecified atom stereocenters. The molecule has 0 spiro atoms. The van der Waals surface area contributed by atoms with Gasteiger partial charge in [0.05, 0.1) is 22.9 Å². The average Bonchev–Trinajstić information content (AvgIpc) is 2.83. The number of carbonyl (C=O) groups excluding carboxylic acids is 3. The van der Waals surface area contributed by atoms with Gasteiger partial charge in [0.1, 0.15) is 12.1 Å². The molecule has 1 fully saturated rings. The maximum absolute atomic E-state index is 12.4. The summed E-state index contributed by atoms with van der Waals surface area (Å²) in [5.74, 6) is -1.44. The van der Waals surface area contributed by atoms with Crippen LogP contribution in [-0.4, -0.2) is 49.0 Å². The van der Waals surface area contributed by atoms with E-state index in [-0.39, 0.29) is 12.3 Å². The van der Waals surface area contributed by atoms with Gasteiger partial charge in [0.25, 0.3) is 5.91 Å². The van der Waals surface area contributed by atoms with Crippen LogP contribution in [-0.2, 0) is 19.1 Å². The van der Waals surface area contributed by atoms with Crippen molar-refractivity contribution in [1.29, 1.82) is 0 Å². The normalized spacial score (nSPS) is 21.1. The maximum Gasteiger partial charge on any atom is 0.328 e. The lowest BCUT2D eigenvalue weighted by molar-refractivity contribution is -0.163. The fraction of sp³-hybridized carbons (Fsp3) is 0.417. The van der Waals surface area contributed by atoms with Gasteiger partial charge in [0.2, 0.25) is 0 Å². The van der Waals surface area contributed by atoms with Crippen LogP contribution in [0.1, 0.15) is 16.1 Å². The fourth-order valence-corrected chi connectivity index (χ4v) is 3.38. The Morgan fingerprint density at radius 2 is 1.75 bits per heavy atom. The molecule has 20 heavy (non-hydrogen) atoms. The van der Waals surface area contributed by atoms with E-state index in [1.165, 1.54) is 30.5 Å². The molecule has 2 rings (SSSR count). The first kappa shape index (κ1) is 15.0. The van der Waals surface area contributed by atoms with Gasteiger partial charge in [0.15, 0.2) is 0 Å². The second-order valence-corrected chi connectivity index (χ2v) is 6.59. The number of rotatable bonds is 3. The summed E-state index contributed by atoms with van der Waals surface area (Å²) in [7, 11) is 2.50. The SMILES string of the molecule is COC(=O)[C@H]1C[C@H](C(=O)OC)N1C(=O)c1ccc(Br)s1. The summed E-state index contributed by atoms with van der Waals surface area (Å²) in [6, 6.07) is 1.89. The Kier molecular flexibility index (Phi) is 4.44. The van der Waals surface area contributed by atoms with Crippen molar-refractivity contribution in [2.75, 3.05) is 14.2 Å². The number of ether oxygens (including phenoxy) is 2. The summed E-state index contributed by atoms with van der Waals surface area (Å²) in [6.45, 7) is 0. The molecule has 108 valence electrons. The molecule has 1 aliphatic heterocycles. The third-order valence-corrected chi connectivity index (χ3v) is 4.69. The number of halogens is 1. The summed E-state index contributed by atoms with van der Waals surface area (Å²) in [5.41, 5.74) is 0. The predicted molar refractivity (Wildman–Crippen MR) is 74.4 cm³/mol. The van der Waals surface area contributed by atoms with E-state index in [1.54, 1.807) is 12.1 Å². The minimum atomic E-state index is -0.738. The van der Waals surface area contributed by atoms with Gasteiger partial charge in [-0.05, 0) is 28.1 Å². The third-order valence-electron chi connectivity index (χ3n) is 3.08. The smallest absolute Gasteiger partial charge is 0.328 e. The topological polar surface area (TPSA) is 72.9 Å². The first-order valence-corrected chi connectivity index (χ1v) is 7.34. The number of hydrogen-bond donors (Lipinski definition) is 0. The number of amides is 1. The Balaban J connectivity index is 2.24. The van der Waals surface area contributed by atoms with Crippen LogP contribution in [0.3, 0.4) is 0 Å². The molecule has 1 aliphatic rings. The zero-order valence-electron chi connectivity index (χ0n) is 10.8. The maximum atomic E-state index is 12.4. The van der Waals surface area contributed by atoms with Gasteiger partial charge in [-0.15, -0.1) is 11.3 Å². The number of esters is 2. The zero-order valence-corrected chi connectivity index (χ0v) is 13.2. The van der Waals surface area contributed by atoms with Crippen molar-refractivity contribution in [2.24, 2.45) is 0 Å². The molecule has 0 aliphatic carbocycles. The minimum Gasteiger partial charge on any atom is -0.467 e. The van der Waals surface area contributed by atoms with Crippen molar-refractivity contribution in [1.82, 2.24) is 4.90 Å². The second kappa shape index (κ2) is 5.92. The highest BCUT2D eigenvalue weighted by Crippen LogP contribution is 2.32. The average molecular weight is 362 g/mol. The Morgan fingerprint density at radius 1 is 1.20 bits per heavy atom. The van der Waals surface area contributed by atoms with E-state index >= 15 is 0 Å². The molecule has 8 heteroatoms. The van der Waals surface area contributed by atoms with E-state index in [0.717, 1.165) is 3.79 Å². The Bertz CT molecular complexity index is 536. The Labute approximate surface area is 127 Å². The Morgan fingerprint density at radius 3 is 2.15 bits per heavy atom. The van der Waals surface area contributed by atoms with Gasteiger partial charge in [-0.25, -0.2) is 9.59 Å². The van der Waals surface area contributed by atoms with Crippen LogP contribution < -0.4 is 0 Å². The first-order chi connectivity index (χ1) is 9.49. The monoisotopic (exact) mass is 361 g/mol. The lowest BCUT2D eigenvalue weighted by Gasteiger charge is -2.44. The molecule has 1 saturated heterocycles. The molecule has 0 aromatic carbocycles. The number of nitrogens with zero attached hydrogens (tertiary/aromatic N) is 1. The van der Waals surface area contributed by atoms with Crippen molar-refractivity contribution >= 4 is 45.1 Å². The third kappa shape index (κ3) is 2.57. The van der Waals surface area contributed by atoms with E-state index in [2.05, 4.69) is 25.4 Å². The quantitative estimate of drug-likeness (QED) is 0.761. The number of carbonyl (C=O) groups is 3. The van der Waals surface area contributed by atoms with Gasteiger partial charge >= 0.3 is 11.9 Å². The highest BCUT2D eigenvalue weighted by Gasteiger charge is 2.51. The van der Waals surface area contributed by atoms with Crippen LogP contribution in [0.2, 0.25) is 0 Å². The Hall–Kier alpha value is -1.41. The van der Waals surface area contributed by atoms with E-state index in [0.29, 0.717) is 4.88 Å². The van der Waals surface area contributed by atoms with Crippen LogP contribution in [0.5, 0.6) is 0 Å². The number of likely N-dealkylation sites (tertiary alicyclic amines) is 1. The number of thiophene rings is 1. The van der Waals surface area contributed by atoms with Crippen molar-refractivity contribution in [3.63, 3.8) is 0 Å². The molecule has 1 aromatic heterocycles. The molecular formula is C12H12BrNO5S. The standard InChI is InChI=1S/C12H12BrNO5S/c1-18-11(16)6-5-7(12(17)19-2)14(6)10(15)8-3-4-9(13)20-8/h3-4,6-7H,5H2,1-2H3/t6-,7-/m1/s1. The summed E-state index contributed by atoms with van der Waals surface area (Å²) in [6.07, 6.45) is 0.220. The van der Waals surface area contributed by atoms with Crippen molar-refractivity contribution in [3.05, 3.63) is 20.8 Å². The molecule has 6 nitrogen and oxygen atoms in total. The lowest BCUT2D eigenvalue weighted by Crippen LogP contribution is -2.64. The predicted octanol–water partition coefficient (Wildman–Crippen LogP) is 1.44. The van der Waals surface area contributed by atoms with Crippen LogP contribution >= 0.6 is 27.3 Å². The molecular weight excluding hydrogens is 350 g/mol. The van der Waals surface area contributed by atoms with Crippen LogP contribution in [0.25, 0.3) is 0 Å². The van der Waals surface area contributed by atoms with E-state index < -0.39 is 24.0 Å². The molecule has 2 heterocycles. The molecule has 2 atom stereocenters. The second-order valence-electron chi connectivity index (χ2n) is 4.13. The van der Waals surface area contributed by atoms with Crippen LogP contribution in [0.4, 0.5) is 0 Å². The van der Waals surface area contributed by atoms with Crippen molar-refractivity contribution < 1.29 is 23.9 Å². The molecule has 0 saturated carbocycles. The molecule has 1 amide bonds. The largest absolute Gasteiger partial charge is 0.467 e. The van der Waals surface area contributed by atoms with Crippen molar-refractivity contribution in [3.8, 4) is 0 Å². The first-order valence-electron chi connectivity index (χ1n) is 5.73. The van der Waals surface area contributed by atoms with Gasteiger partial charge in [-0.1, -0.05) is 0 Å². The summed E-state index contributed by atoms with van der Waals surface area (Å²) in [4.78, 5) is 37.3. The summed E-state index contributed by atoms with van der Waals surface area (Å²) < 4.78 is 10.1. The number of methoxy groups -OCH3 is 2. The summed E-state index contributed by atoms with van der Waals surface area (Å²) in [5, 5.41) is 0.